The Morgan fingerprint density at radius 2 is 1.36 bits per heavy atom. The molecule has 0 aromatic heterocycles. The monoisotopic (exact) mass is 301 g/mol. The summed E-state index contributed by atoms with van der Waals surface area (Å²) in [6.07, 6.45) is 0. The van der Waals surface area contributed by atoms with E-state index >= 15 is 0 Å². The van der Waals surface area contributed by atoms with Gasteiger partial charge in [0, 0.05) is 24.0 Å². The molecule has 0 radical (unpaired) electrons. The number of carbonyl (C=O) groups is 2. The van der Waals surface area contributed by atoms with Crippen LogP contribution >= 0.6 is 0 Å². The summed E-state index contributed by atoms with van der Waals surface area (Å²) >= 11 is 0. The molecule has 0 heterocycles. The number of amides is 2. The molecule has 0 bridgehead atoms. The molecular weight excluding hydrogens is 285 g/mol. The van der Waals surface area contributed by atoms with E-state index in [0.717, 1.165) is 5.69 Å². The van der Waals surface area contributed by atoms with Crippen molar-refractivity contribution in [3.05, 3.63) is 54.3 Å². The Bertz CT molecular complexity index is 654. The standard InChI is InChI=1S/C16H16FN3O2/c1-11(21)19-14-8-6-13(7-9-14)18-10-16(22)20-15-4-2-12(17)3-5-15/h2-9,18H,10H2,1H3,(H,19,21)(H,20,22). The van der Waals surface area contributed by atoms with Crippen molar-refractivity contribution in [3.63, 3.8) is 0 Å². The van der Waals surface area contributed by atoms with Crippen molar-refractivity contribution in [3.8, 4) is 0 Å². The Hall–Kier alpha value is -2.89. The molecule has 0 fully saturated rings. The summed E-state index contributed by atoms with van der Waals surface area (Å²) in [6.45, 7) is 1.52. The maximum Gasteiger partial charge on any atom is 0.243 e. The number of benzene rings is 2. The molecule has 2 amide bonds. The Labute approximate surface area is 127 Å². The van der Waals surface area contributed by atoms with Crippen LogP contribution in [0.3, 0.4) is 0 Å². The lowest BCUT2D eigenvalue weighted by atomic mass is 10.2. The van der Waals surface area contributed by atoms with Crippen LogP contribution in [0.2, 0.25) is 0 Å². The molecule has 2 rings (SSSR count). The lowest BCUT2D eigenvalue weighted by Crippen LogP contribution is -2.21. The summed E-state index contributed by atoms with van der Waals surface area (Å²) in [4.78, 5) is 22.7. The number of nitrogens with one attached hydrogen (secondary N) is 3. The Kier molecular flexibility index (Phi) is 5.08. The lowest BCUT2D eigenvalue weighted by Gasteiger charge is -2.09. The van der Waals surface area contributed by atoms with Crippen molar-refractivity contribution in [2.24, 2.45) is 0 Å². The van der Waals surface area contributed by atoms with Gasteiger partial charge in [-0.1, -0.05) is 0 Å². The number of anilines is 3. The molecule has 3 N–H and O–H groups in total. The highest BCUT2D eigenvalue weighted by Crippen LogP contribution is 2.13. The van der Waals surface area contributed by atoms with Gasteiger partial charge in [0.05, 0.1) is 6.54 Å². The van der Waals surface area contributed by atoms with Crippen LogP contribution in [0.5, 0.6) is 0 Å². The molecule has 0 saturated heterocycles. The second kappa shape index (κ2) is 7.21. The number of carbonyl (C=O) groups excluding carboxylic acids is 2. The summed E-state index contributed by atoms with van der Waals surface area (Å²) in [5.74, 6) is -0.729. The average molecular weight is 301 g/mol. The summed E-state index contributed by atoms with van der Waals surface area (Å²) in [5, 5.41) is 8.27. The van der Waals surface area contributed by atoms with Crippen molar-refractivity contribution in [2.75, 3.05) is 22.5 Å². The Morgan fingerprint density at radius 1 is 0.864 bits per heavy atom. The largest absolute Gasteiger partial charge is 0.376 e. The normalized spacial score (nSPS) is 9.91. The van der Waals surface area contributed by atoms with Gasteiger partial charge in [0.2, 0.25) is 11.8 Å². The molecule has 0 aliphatic heterocycles. The average Bonchev–Trinajstić information content (AvgIpc) is 2.48. The van der Waals surface area contributed by atoms with E-state index in [-0.39, 0.29) is 24.2 Å². The van der Waals surface area contributed by atoms with Gasteiger partial charge in [-0.3, -0.25) is 9.59 Å². The predicted octanol–water partition coefficient (Wildman–Crippen LogP) is 2.83. The van der Waals surface area contributed by atoms with Gasteiger partial charge in [0.1, 0.15) is 5.82 Å². The first-order valence-corrected chi connectivity index (χ1v) is 6.70. The van der Waals surface area contributed by atoms with E-state index in [1.807, 2.05) is 0 Å². The summed E-state index contributed by atoms with van der Waals surface area (Å²) in [5.41, 5.74) is 1.98. The second-order valence-electron chi connectivity index (χ2n) is 4.67. The first-order valence-electron chi connectivity index (χ1n) is 6.70. The second-order valence-corrected chi connectivity index (χ2v) is 4.67. The van der Waals surface area contributed by atoms with Gasteiger partial charge in [-0.05, 0) is 48.5 Å². The van der Waals surface area contributed by atoms with Crippen molar-refractivity contribution >= 4 is 28.9 Å². The van der Waals surface area contributed by atoms with Gasteiger partial charge in [-0.25, -0.2) is 4.39 Å². The molecule has 0 atom stereocenters. The van der Waals surface area contributed by atoms with E-state index in [4.69, 9.17) is 0 Å². The minimum absolute atomic E-state index is 0.0802. The fraction of sp³-hybridized carbons (Fsp3) is 0.125. The molecule has 0 aliphatic rings. The van der Waals surface area contributed by atoms with E-state index < -0.39 is 0 Å². The van der Waals surface area contributed by atoms with Crippen molar-refractivity contribution in [2.45, 2.75) is 6.92 Å². The van der Waals surface area contributed by atoms with Gasteiger partial charge >= 0.3 is 0 Å². The number of hydrogen-bond acceptors (Lipinski definition) is 3. The predicted molar refractivity (Wildman–Crippen MR) is 84.3 cm³/mol. The molecule has 6 heteroatoms. The summed E-state index contributed by atoms with van der Waals surface area (Å²) in [7, 11) is 0. The van der Waals surface area contributed by atoms with Crippen LogP contribution < -0.4 is 16.0 Å². The van der Waals surface area contributed by atoms with Crippen LogP contribution in [-0.2, 0) is 9.59 Å². The van der Waals surface area contributed by atoms with Crippen LogP contribution in [0.15, 0.2) is 48.5 Å². The molecule has 22 heavy (non-hydrogen) atoms. The van der Waals surface area contributed by atoms with E-state index in [2.05, 4.69) is 16.0 Å². The SMILES string of the molecule is CC(=O)Nc1ccc(NCC(=O)Nc2ccc(F)cc2)cc1. The Balaban J connectivity index is 1.83. The summed E-state index contributed by atoms with van der Waals surface area (Å²) < 4.78 is 12.8. The van der Waals surface area contributed by atoms with Crippen LogP contribution in [0.25, 0.3) is 0 Å². The van der Waals surface area contributed by atoms with Crippen molar-refractivity contribution in [1.29, 1.82) is 0 Å². The zero-order valence-corrected chi connectivity index (χ0v) is 12.0. The first-order chi connectivity index (χ1) is 10.5. The minimum atomic E-state index is -0.351. The Morgan fingerprint density at radius 3 is 1.95 bits per heavy atom. The molecule has 5 nitrogen and oxygen atoms in total. The molecular formula is C16H16FN3O2. The molecule has 0 aliphatic carbocycles. The molecule has 114 valence electrons. The third-order valence-electron chi connectivity index (χ3n) is 2.79. The zero-order chi connectivity index (χ0) is 15.9. The molecule has 0 spiro atoms. The number of rotatable bonds is 5. The third-order valence-corrected chi connectivity index (χ3v) is 2.79. The molecule has 0 saturated carbocycles. The van der Waals surface area contributed by atoms with Crippen LogP contribution in [0.1, 0.15) is 6.92 Å². The van der Waals surface area contributed by atoms with Gasteiger partial charge < -0.3 is 16.0 Å². The molecule has 0 unspecified atom stereocenters. The minimum Gasteiger partial charge on any atom is -0.376 e. The van der Waals surface area contributed by atoms with Crippen molar-refractivity contribution in [1.82, 2.24) is 0 Å². The lowest BCUT2D eigenvalue weighted by molar-refractivity contribution is -0.115. The van der Waals surface area contributed by atoms with E-state index in [1.54, 1.807) is 24.3 Å². The fourth-order valence-corrected chi connectivity index (χ4v) is 1.80. The molecule has 2 aromatic carbocycles. The topological polar surface area (TPSA) is 70.2 Å². The smallest absolute Gasteiger partial charge is 0.243 e. The van der Waals surface area contributed by atoms with Crippen LogP contribution in [0, 0.1) is 5.82 Å². The maximum atomic E-state index is 12.8. The van der Waals surface area contributed by atoms with Gasteiger partial charge in [0.25, 0.3) is 0 Å². The highest BCUT2D eigenvalue weighted by Gasteiger charge is 2.03. The van der Waals surface area contributed by atoms with E-state index in [9.17, 15) is 14.0 Å². The highest BCUT2D eigenvalue weighted by atomic mass is 19.1. The maximum absolute atomic E-state index is 12.8. The number of halogens is 1. The zero-order valence-electron chi connectivity index (χ0n) is 12.0. The van der Waals surface area contributed by atoms with Gasteiger partial charge in [0.15, 0.2) is 0 Å². The third kappa shape index (κ3) is 4.90. The first kappa shape index (κ1) is 15.5. The highest BCUT2D eigenvalue weighted by molar-refractivity contribution is 5.93. The number of hydrogen-bond donors (Lipinski definition) is 3. The fourth-order valence-electron chi connectivity index (χ4n) is 1.80. The van der Waals surface area contributed by atoms with Gasteiger partial charge in [-0.2, -0.15) is 0 Å². The van der Waals surface area contributed by atoms with Crippen molar-refractivity contribution < 1.29 is 14.0 Å². The van der Waals surface area contributed by atoms with E-state index in [0.29, 0.717) is 11.4 Å². The van der Waals surface area contributed by atoms with Gasteiger partial charge in [-0.15, -0.1) is 0 Å². The molecule has 2 aromatic rings. The van der Waals surface area contributed by atoms with E-state index in [1.165, 1.54) is 31.2 Å². The quantitative estimate of drug-likeness (QED) is 0.795. The summed E-state index contributed by atoms with van der Waals surface area (Å²) in [6, 6.07) is 12.6. The van der Waals surface area contributed by atoms with Crippen LogP contribution in [-0.4, -0.2) is 18.4 Å². The van der Waals surface area contributed by atoms with Crippen LogP contribution in [0.4, 0.5) is 21.5 Å².